The maximum Gasteiger partial charge on any atom is 0.363 e. The maximum atomic E-state index is 11.9. The summed E-state index contributed by atoms with van der Waals surface area (Å²) in [7, 11) is 1.44. The van der Waals surface area contributed by atoms with Crippen LogP contribution >= 0.6 is 0 Å². The Balaban J connectivity index is 1.93. The summed E-state index contributed by atoms with van der Waals surface area (Å²) in [6, 6.07) is 17.9. The molecule has 0 spiro atoms. The minimum absolute atomic E-state index is 0.194. The van der Waals surface area contributed by atoms with Gasteiger partial charge in [0.1, 0.15) is 0 Å². The van der Waals surface area contributed by atoms with Gasteiger partial charge in [-0.1, -0.05) is 48.5 Å². The van der Waals surface area contributed by atoms with Crippen molar-refractivity contribution in [1.29, 1.82) is 0 Å². The van der Waals surface area contributed by atoms with Gasteiger partial charge in [0.25, 0.3) is 5.91 Å². The third kappa shape index (κ3) is 3.68. The topological polar surface area (TPSA) is 46.6 Å². The highest BCUT2D eigenvalue weighted by atomic mass is 16.7. The second kappa shape index (κ2) is 6.52. The Bertz CT molecular complexity index is 581. The van der Waals surface area contributed by atoms with Crippen molar-refractivity contribution in [2.45, 2.75) is 6.42 Å². The third-order valence-electron chi connectivity index (χ3n) is 2.78. The van der Waals surface area contributed by atoms with Gasteiger partial charge in [0.15, 0.2) is 0 Å². The van der Waals surface area contributed by atoms with Crippen molar-refractivity contribution in [3.63, 3.8) is 0 Å². The lowest BCUT2D eigenvalue weighted by molar-refractivity contribution is -0.160. The molecule has 0 aliphatic carbocycles. The first-order valence-electron chi connectivity index (χ1n) is 6.24. The van der Waals surface area contributed by atoms with Gasteiger partial charge in [-0.25, -0.2) is 4.79 Å². The number of benzene rings is 2. The van der Waals surface area contributed by atoms with Crippen LogP contribution in [0, 0.1) is 0 Å². The Kier molecular flexibility index (Phi) is 4.50. The van der Waals surface area contributed by atoms with E-state index in [9.17, 15) is 9.59 Å². The van der Waals surface area contributed by atoms with E-state index < -0.39 is 5.97 Å². The first-order chi connectivity index (χ1) is 9.66. The minimum atomic E-state index is -0.547. The summed E-state index contributed by atoms with van der Waals surface area (Å²) in [5, 5.41) is 0.975. The normalized spacial score (nSPS) is 9.85. The fraction of sp³-hybridized carbons (Fsp3) is 0.125. The van der Waals surface area contributed by atoms with Gasteiger partial charge in [0, 0.05) is 7.05 Å². The molecule has 102 valence electrons. The highest BCUT2D eigenvalue weighted by Crippen LogP contribution is 2.05. The molecule has 4 nitrogen and oxygen atoms in total. The zero-order chi connectivity index (χ0) is 14.4. The minimum Gasteiger partial charge on any atom is -0.333 e. The van der Waals surface area contributed by atoms with E-state index in [0.29, 0.717) is 5.56 Å². The lowest BCUT2D eigenvalue weighted by Gasteiger charge is -2.16. The van der Waals surface area contributed by atoms with Crippen LogP contribution in [0.1, 0.15) is 15.9 Å². The molecule has 2 aromatic carbocycles. The highest BCUT2D eigenvalue weighted by Gasteiger charge is 2.15. The SMILES string of the molecule is CN(OC(=O)c1ccccc1)C(=O)Cc1ccccc1. The van der Waals surface area contributed by atoms with E-state index >= 15 is 0 Å². The van der Waals surface area contributed by atoms with Gasteiger partial charge in [-0.2, -0.15) is 5.06 Å². The van der Waals surface area contributed by atoms with Crippen LogP contribution in [0.3, 0.4) is 0 Å². The largest absolute Gasteiger partial charge is 0.363 e. The number of likely N-dealkylation sites (N-methyl/N-ethyl adjacent to an activating group) is 1. The van der Waals surface area contributed by atoms with E-state index in [-0.39, 0.29) is 12.3 Å². The van der Waals surface area contributed by atoms with Crippen LogP contribution in [0.25, 0.3) is 0 Å². The summed E-state index contributed by atoms with van der Waals surface area (Å²) in [6.07, 6.45) is 0.194. The van der Waals surface area contributed by atoms with E-state index in [0.717, 1.165) is 10.6 Å². The van der Waals surface area contributed by atoms with Gasteiger partial charge in [-0.3, -0.25) is 4.79 Å². The zero-order valence-electron chi connectivity index (χ0n) is 11.2. The highest BCUT2D eigenvalue weighted by molar-refractivity contribution is 5.90. The molecule has 0 aliphatic rings. The van der Waals surface area contributed by atoms with Crippen molar-refractivity contribution >= 4 is 11.9 Å². The molecule has 0 aliphatic heterocycles. The van der Waals surface area contributed by atoms with Gasteiger partial charge < -0.3 is 4.84 Å². The second-order valence-corrected chi connectivity index (χ2v) is 4.30. The number of rotatable bonds is 3. The molecule has 0 bridgehead atoms. The maximum absolute atomic E-state index is 11.9. The monoisotopic (exact) mass is 269 g/mol. The number of carbonyl (C=O) groups excluding carboxylic acids is 2. The molecule has 4 heteroatoms. The summed E-state index contributed by atoms with van der Waals surface area (Å²) in [4.78, 5) is 28.7. The van der Waals surface area contributed by atoms with Gasteiger partial charge in [-0.15, -0.1) is 0 Å². The van der Waals surface area contributed by atoms with Crippen molar-refractivity contribution in [3.8, 4) is 0 Å². The number of carbonyl (C=O) groups is 2. The average molecular weight is 269 g/mol. The molecule has 20 heavy (non-hydrogen) atoms. The Morgan fingerprint density at radius 2 is 1.50 bits per heavy atom. The molecule has 0 atom stereocenters. The predicted octanol–water partition coefficient (Wildman–Crippen LogP) is 2.46. The van der Waals surface area contributed by atoms with Crippen LogP contribution in [-0.2, 0) is 16.1 Å². The van der Waals surface area contributed by atoms with Gasteiger partial charge >= 0.3 is 5.97 Å². The van der Waals surface area contributed by atoms with Crippen LogP contribution in [0.15, 0.2) is 60.7 Å². The van der Waals surface area contributed by atoms with E-state index in [2.05, 4.69) is 0 Å². The molecule has 0 saturated carbocycles. The van der Waals surface area contributed by atoms with Crippen LogP contribution < -0.4 is 0 Å². The molecule has 0 aromatic heterocycles. The van der Waals surface area contributed by atoms with E-state index in [1.807, 2.05) is 30.3 Å². The van der Waals surface area contributed by atoms with Crippen LogP contribution in [0.5, 0.6) is 0 Å². The number of hydroxylamine groups is 2. The van der Waals surface area contributed by atoms with Gasteiger partial charge in [0.2, 0.25) is 0 Å². The summed E-state index contributed by atoms with van der Waals surface area (Å²) in [5.74, 6) is -0.824. The Morgan fingerprint density at radius 1 is 0.950 bits per heavy atom. The Hall–Kier alpha value is -2.62. The molecule has 0 radical (unpaired) electrons. The molecule has 0 heterocycles. The number of hydrogen-bond acceptors (Lipinski definition) is 3. The van der Waals surface area contributed by atoms with E-state index in [1.165, 1.54) is 7.05 Å². The number of amides is 1. The molecule has 0 fully saturated rings. The first-order valence-corrected chi connectivity index (χ1v) is 6.24. The van der Waals surface area contributed by atoms with Gasteiger partial charge in [-0.05, 0) is 17.7 Å². The summed E-state index contributed by atoms with van der Waals surface area (Å²) < 4.78 is 0. The average Bonchev–Trinajstić information content (AvgIpc) is 2.49. The van der Waals surface area contributed by atoms with Crippen molar-refractivity contribution < 1.29 is 14.4 Å². The predicted molar refractivity (Wildman–Crippen MR) is 74.8 cm³/mol. The Labute approximate surface area is 117 Å². The second-order valence-electron chi connectivity index (χ2n) is 4.30. The van der Waals surface area contributed by atoms with E-state index in [4.69, 9.17) is 4.84 Å². The Morgan fingerprint density at radius 3 is 2.10 bits per heavy atom. The van der Waals surface area contributed by atoms with Gasteiger partial charge in [0.05, 0.1) is 12.0 Å². The molecule has 2 rings (SSSR count). The van der Waals surface area contributed by atoms with Crippen molar-refractivity contribution in [3.05, 3.63) is 71.8 Å². The summed E-state index contributed by atoms with van der Waals surface area (Å²) in [6.45, 7) is 0. The molecule has 0 N–H and O–H groups in total. The van der Waals surface area contributed by atoms with E-state index in [1.54, 1.807) is 30.3 Å². The lowest BCUT2D eigenvalue weighted by atomic mass is 10.1. The molecular weight excluding hydrogens is 254 g/mol. The van der Waals surface area contributed by atoms with Crippen LogP contribution in [0.2, 0.25) is 0 Å². The van der Waals surface area contributed by atoms with Crippen molar-refractivity contribution in [2.75, 3.05) is 7.05 Å². The van der Waals surface area contributed by atoms with Crippen LogP contribution in [-0.4, -0.2) is 24.0 Å². The number of nitrogens with zero attached hydrogens (tertiary/aromatic N) is 1. The third-order valence-corrected chi connectivity index (χ3v) is 2.78. The first kappa shape index (κ1) is 13.8. The summed E-state index contributed by atoms with van der Waals surface area (Å²) >= 11 is 0. The fourth-order valence-corrected chi connectivity index (χ4v) is 1.68. The molecule has 1 amide bonds. The molecule has 0 saturated heterocycles. The molecule has 0 unspecified atom stereocenters. The summed E-state index contributed by atoms with van der Waals surface area (Å²) in [5.41, 5.74) is 1.28. The lowest BCUT2D eigenvalue weighted by Crippen LogP contribution is -2.31. The van der Waals surface area contributed by atoms with Crippen LogP contribution in [0.4, 0.5) is 0 Å². The number of hydrogen-bond donors (Lipinski definition) is 0. The van der Waals surface area contributed by atoms with Crippen molar-refractivity contribution in [2.24, 2.45) is 0 Å². The molecule has 2 aromatic rings. The fourth-order valence-electron chi connectivity index (χ4n) is 1.68. The standard InChI is InChI=1S/C16H15NO3/c1-17(15(18)12-13-8-4-2-5-9-13)20-16(19)14-10-6-3-7-11-14/h2-11H,12H2,1H3. The zero-order valence-corrected chi connectivity index (χ0v) is 11.2. The quantitative estimate of drug-likeness (QED) is 0.804. The molecular formula is C16H15NO3. The van der Waals surface area contributed by atoms with Crippen molar-refractivity contribution in [1.82, 2.24) is 5.06 Å². The smallest absolute Gasteiger partial charge is 0.333 e.